The smallest absolute Gasteiger partial charge is 0.195 e. The van der Waals surface area contributed by atoms with Crippen LogP contribution >= 0.6 is 0 Å². The molecule has 0 aliphatic heterocycles. The third-order valence-electron chi connectivity index (χ3n) is 3.65. The Morgan fingerprint density at radius 2 is 1.81 bits per heavy atom. The van der Waals surface area contributed by atoms with Crippen LogP contribution in [0.25, 0.3) is 0 Å². The summed E-state index contributed by atoms with van der Waals surface area (Å²) in [7, 11) is 3.14. The molecule has 0 bridgehead atoms. The molecule has 140 valence electrons. The topological polar surface area (TPSA) is 54.9 Å². The molecule has 5 nitrogen and oxygen atoms in total. The van der Waals surface area contributed by atoms with Gasteiger partial charge in [-0.15, -0.1) is 0 Å². The van der Waals surface area contributed by atoms with E-state index in [2.05, 4.69) is 15.6 Å². The number of rotatable bonds is 7. The number of hydrogen-bond donors (Lipinski definition) is 2. The molecule has 0 saturated heterocycles. The van der Waals surface area contributed by atoms with E-state index in [1.807, 2.05) is 13.0 Å². The van der Waals surface area contributed by atoms with Crippen LogP contribution in [0.5, 0.6) is 11.5 Å². The van der Waals surface area contributed by atoms with Gasteiger partial charge in [0.1, 0.15) is 11.6 Å². The second-order valence-corrected chi connectivity index (χ2v) is 5.44. The van der Waals surface area contributed by atoms with E-state index in [4.69, 9.17) is 9.47 Å². The average Bonchev–Trinajstić information content (AvgIpc) is 2.64. The molecule has 0 atom stereocenters. The lowest BCUT2D eigenvalue weighted by Crippen LogP contribution is -2.30. The Labute approximate surface area is 152 Å². The van der Waals surface area contributed by atoms with E-state index in [1.54, 1.807) is 26.4 Å². The second kappa shape index (κ2) is 9.60. The first-order chi connectivity index (χ1) is 12.6. The van der Waals surface area contributed by atoms with Gasteiger partial charge < -0.3 is 20.1 Å². The minimum absolute atomic E-state index is 0.298. The number of nitrogens with zero attached hydrogens (tertiary/aromatic N) is 1. The second-order valence-electron chi connectivity index (χ2n) is 5.44. The Morgan fingerprint density at radius 1 is 1.04 bits per heavy atom. The molecule has 0 unspecified atom stereocenters. The Balaban J connectivity index is 2.08. The van der Waals surface area contributed by atoms with Crippen molar-refractivity contribution in [2.75, 3.05) is 32.6 Å². The first-order valence-corrected chi connectivity index (χ1v) is 8.28. The van der Waals surface area contributed by atoms with Gasteiger partial charge in [0.2, 0.25) is 0 Å². The van der Waals surface area contributed by atoms with Crippen molar-refractivity contribution in [3.05, 3.63) is 53.6 Å². The summed E-state index contributed by atoms with van der Waals surface area (Å²) in [6.07, 6.45) is 0.298. The first kappa shape index (κ1) is 19.5. The average molecular weight is 363 g/mol. The molecule has 0 heterocycles. The van der Waals surface area contributed by atoms with Crippen molar-refractivity contribution in [2.45, 2.75) is 13.3 Å². The molecule has 7 heteroatoms. The molecule has 2 aromatic rings. The minimum Gasteiger partial charge on any atom is -0.493 e. The van der Waals surface area contributed by atoms with Gasteiger partial charge in [0.05, 0.1) is 14.2 Å². The molecule has 26 heavy (non-hydrogen) atoms. The van der Waals surface area contributed by atoms with E-state index >= 15 is 0 Å². The van der Waals surface area contributed by atoms with Crippen LogP contribution in [-0.2, 0) is 6.42 Å². The van der Waals surface area contributed by atoms with Gasteiger partial charge in [0, 0.05) is 24.8 Å². The minimum atomic E-state index is -0.458. The zero-order chi connectivity index (χ0) is 18.9. The van der Waals surface area contributed by atoms with E-state index in [9.17, 15) is 8.78 Å². The standard InChI is InChI=1S/C19H23F2N3O2/c1-4-22-19(23-10-9-13-11-14(20)5-7-16(13)21)24-15-6-8-17(25-2)18(12-15)26-3/h5-8,11-12H,4,9-10H2,1-3H3,(H2,22,23,24). The maximum absolute atomic E-state index is 13.7. The van der Waals surface area contributed by atoms with E-state index in [0.29, 0.717) is 42.5 Å². The number of methoxy groups -OCH3 is 2. The molecule has 0 amide bonds. The summed E-state index contributed by atoms with van der Waals surface area (Å²) in [5.41, 5.74) is 1.06. The van der Waals surface area contributed by atoms with Crippen LogP contribution in [-0.4, -0.2) is 33.3 Å². The summed E-state index contributed by atoms with van der Waals surface area (Å²) in [4.78, 5) is 4.41. The van der Waals surface area contributed by atoms with Crippen LogP contribution < -0.4 is 20.1 Å². The quantitative estimate of drug-likeness (QED) is 0.583. The summed E-state index contributed by atoms with van der Waals surface area (Å²) in [6, 6.07) is 8.83. The number of guanidine groups is 1. The lowest BCUT2D eigenvalue weighted by atomic mass is 10.1. The predicted molar refractivity (Wildman–Crippen MR) is 99.2 cm³/mol. The van der Waals surface area contributed by atoms with Gasteiger partial charge in [-0.25, -0.2) is 8.78 Å². The van der Waals surface area contributed by atoms with Crippen molar-refractivity contribution < 1.29 is 18.3 Å². The van der Waals surface area contributed by atoms with Gasteiger partial charge in [0.25, 0.3) is 0 Å². The highest BCUT2D eigenvalue weighted by Crippen LogP contribution is 2.29. The predicted octanol–water partition coefficient (Wildman–Crippen LogP) is 3.60. The fourth-order valence-electron chi connectivity index (χ4n) is 2.38. The summed E-state index contributed by atoms with van der Waals surface area (Å²) in [5.74, 6) is 0.869. The lowest BCUT2D eigenvalue weighted by Gasteiger charge is -2.14. The molecular weight excluding hydrogens is 340 g/mol. The number of nitrogens with one attached hydrogen (secondary N) is 2. The number of anilines is 1. The summed E-state index contributed by atoms with van der Waals surface area (Å²) >= 11 is 0. The van der Waals surface area contributed by atoms with Gasteiger partial charge in [-0.05, 0) is 49.2 Å². The molecule has 0 fully saturated rings. The molecule has 2 aromatic carbocycles. The Bertz CT molecular complexity index is 766. The third-order valence-corrected chi connectivity index (χ3v) is 3.65. The normalized spacial score (nSPS) is 11.2. The molecule has 0 aliphatic rings. The number of halogens is 2. The molecule has 0 aromatic heterocycles. The van der Waals surface area contributed by atoms with Crippen molar-refractivity contribution in [3.63, 3.8) is 0 Å². The summed E-state index contributed by atoms with van der Waals surface area (Å²) in [6.45, 7) is 2.91. The van der Waals surface area contributed by atoms with Crippen LogP contribution in [0.15, 0.2) is 41.4 Å². The van der Waals surface area contributed by atoms with Crippen molar-refractivity contribution >= 4 is 11.6 Å². The molecule has 2 N–H and O–H groups in total. The zero-order valence-electron chi connectivity index (χ0n) is 15.1. The highest BCUT2D eigenvalue weighted by atomic mass is 19.1. The van der Waals surface area contributed by atoms with E-state index in [0.717, 1.165) is 17.8 Å². The maximum Gasteiger partial charge on any atom is 0.195 e. The van der Waals surface area contributed by atoms with E-state index in [1.165, 1.54) is 6.07 Å². The van der Waals surface area contributed by atoms with Gasteiger partial charge >= 0.3 is 0 Å². The zero-order valence-corrected chi connectivity index (χ0v) is 15.1. The fraction of sp³-hybridized carbons (Fsp3) is 0.316. The van der Waals surface area contributed by atoms with Crippen LogP contribution in [0.1, 0.15) is 12.5 Å². The lowest BCUT2D eigenvalue weighted by molar-refractivity contribution is 0.355. The summed E-state index contributed by atoms with van der Waals surface area (Å²) in [5, 5.41) is 6.26. The Hall–Kier alpha value is -2.83. The van der Waals surface area contributed by atoms with Crippen molar-refractivity contribution in [3.8, 4) is 11.5 Å². The molecule has 0 saturated carbocycles. The number of ether oxygens (including phenoxy) is 2. The fourth-order valence-corrected chi connectivity index (χ4v) is 2.38. The molecule has 0 spiro atoms. The Morgan fingerprint density at radius 3 is 2.50 bits per heavy atom. The van der Waals surface area contributed by atoms with Crippen LogP contribution in [0.4, 0.5) is 14.5 Å². The van der Waals surface area contributed by atoms with Gasteiger partial charge in [-0.2, -0.15) is 0 Å². The van der Waals surface area contributed by atoms with Gasteiger partial charge in [-0.1, -0.05) is 0 Å². The highest BCUT2D eigenvalue weighted by molar-refractivity contribution is 5.93. The van der Waals surface area contributed by atoms with Gasteiger partial charge in [-0.3, -0.25) is 4.99 Å². The highest BCUT2D eigenvalue weighted by Gasteiger charge is 2.07. The van der Waals surface area contributed by atoms with Crippen LogP contribution in [0.3, 0.4) is 0 Å². The van der Waals surface area contributed by atoms with Crippen molar-refractivity contribution in [2.24, 2.45) is 4.99 Å². The maximum atomic E-state index is 13.7. The molecular formula is C19H23F2N3O2. The number of hydrogen-bond acceptors (Lipinski definition) is 3. The van der Waals surface area contributed by atoms with E-state index in [-0.39, 0.29) is 0 Å². The first-order valence-electron chi connectivity index (χ1n) is 8.28. The van der Waals surface area contributed by atoms with Crippen molar-refractivity contribution in [1.29, 1.82) is 0 Å². The Kier molecular flexibility index (Phi) is 7.20. The van der Waals surface area contributed by atoms with Crippen molar-refractivity contribution in [1.82, 2.24) is 5.32 Å². The SMILES string of the molecule is CCNC(=NCCc1cc(F)ccc1F)Nc1ccc(OC)c(OC)c1. The number of aliphatic imine (C=N–C) groups is 1. The summed E-state index contributed by atoms with van der Waals surface area (Å²) < 4.78 is 37.4. The molecule has 0 aliphatic carbocycles. The molecule has 0 radical (unpaired) electrons. The van der Waals surface area contributed by atoms with Gasteiger partial charge in [0.15, 0.2) is 17.5 Å². The third kappa shape index (κ3) is 5.34. The van der Waals surface area contributed by atoms with Crippen LogP contribution in [0.2, 0.25) is 0 Å². The molecule has 2 rings (SSSR count). The number of benzene rings is 2. The van der Waals surface area contributed by atoms with Crippen LogP contribution in [0, 0.1) is 11.6 Å². The van der Waals surface area contributed by atoms with E-state index < -0.39 is 11.6 Å². The monoisotopic (exact) mass is 363 g/mol. The largest absolute Gasteiger partial charge is 0.493 e.